The first-order valence-electron chi connectivity index (χ1n) is 8.74. The maximum absolute atomic E-state index is 12.6. The first kappa shape index (κ1) is 16.2. The Hall–Kier alpha value is -2.26. The van der Waals surface area contributed by atoms with E-state index in [1.54, 1.807) is 24.3 Å². The Bertz CT molecular complexity index is 905. The van der Waals surface area contributed by atoms with E-state index < -0.39 is 0 Å². The first-order chi connectivity index (χ1) is 12.1. The van der Waals surface area contributed by atoms with Crippen LogP contribution in [-0.4, -0.2) is 28.9 Å². The quantitative estimate of drug-likeness (QED) is 0.680. The summed E-state index contributed by atoms with van der Waals surface area (Å²) < 4.78 is 0. The minimum absolute atomic E-state index is 0.0994. The van der Waals surface area contributed by atoms with Gasteiger partial charge in [-0.25, -0.2) is 0 Å². The maximum atomic E-state index is 12.6. The molecule has 3 aromatic rings. The van der Waals surface area contributed by atoms with Crippen molar-refractivity contribution in [3.8, 4) is 0 Å². The van der Waals surface area contributed by atoms with Gasteiger partial charge in [0.2, 0.25) is 0 Å². The monoisotopic (exact) mass is 352 g/mol. The van der Waals surface area contributed by atoms with Crippen molar-refractivity contribution in [2.45, 2.75) is 25.7 Å². The highest BCUT2D eigenvalue weighted by molar-refractivity contribution is 6.30. The van der Waals surface area contributed by atoms with Crippen LogP contribution in [0.5, 0.6) is 0 Å². The van der Waals surface area contributed by atoms with Crippen molar-refractivity contribution in [3.05, 3.63) is 70.4 Å². The van der Waals surface area contributed by atoms with Gasteiger partial charge in [0.1, 0.15) is 0 Å². The third kappa shape index (κ3) is 3.29. The summed E-state index contributed by atoms with van der Waals surface area (Å²) >= 11 is 5.90. The molecule has 0 unspecified atom stereocenters. The van der Waals surface area contributed by atoms with Gasteiger partial charge in [-0.1, -0.05) is 23.2 Å². The molecule has 2 aromatic carbocycles. The zero-order chi connectivity index (χ0) is 17.4. The van der Waals surface area contributed by atoms with E-state index in [-0.39, 0.29) is 5.91 Å². The molecule has 4 heteroatoms. The van der Waals surface area contributed by atoms with Crippen molar-refractivity contribution in [2.24, 2.45) is 0 Å². The van der Waals surface area contributed by atoms with E-state index in [2.05, 4.69) is 36.2 Å². The Balaban J connectivity index is 1.45. The molecule has 0 saturated carbocycles. The molecular weight excluding hydrogens is 332 g/mol. The molecule has 1 aromatic heterocycles. The second-order valence-corrected chi connectivity index (χ2v) is 7.33. The number of nitrogens with zero attached hydrogens (tertiary/aromatic N) is 1. The summed E-state index contributed by atoms with van der Waals surface area (Å²) in [5.74, 6) is 0.587. The molecule has 1 fully saturated rings. The highest BCUT2D eigenvalue weighted by Crippen LogP contribution is 2.30. The lowest BCUT2D eigenvalue weighted by Crippen LogP contribution is -2.37. The number of halogens is 1. The van der Waals surface area contributed by atoms with E-state index >= 15 is 0 Å². The lowest BCUT2D eigenvalue weighted by molar-refractivity contribution is 0.0712. The second kappa shape index (κ2) is 6.57. The fourth-order valence-electron chi connectivity index (χ4n) is 3.66. The normalized spacial score (nSPS) is 15.7. The van der Waals surface area contributed by atoms with Crippen LogP contribution in [-0.2, 0) is 0 Å². The van der Waals surface area contributed by atoms with Crippen LogP contribution < -0.4 is 0 Å². The molecule has 2 heterocycles. The zero-order valence-corrected chi connectivity index (χ0v) is 15.0. The van der Waals surface area contributed by atoms with Crippen molar-refractivity contribution in [2.75, 3.05) is 13.1 Å². The topological polar surface area (TPSA) is 36.1 Å². The summed E-state index contributed by atoms with van der Waals surface area (Å²) in [7, 11) is 0. The predicted octanol–water partition coefficient (Wildman–Crippen LogP) is 5.15. The molecule has 25 heavy (non-hydrogen) atoms. The summed E-state index contributed by atoms with van der Waals surface area (Å²) in [6.07, 6.45) is 1.98. The number of aromatic nitrogens is 1. The number of benzene rings is 2. The number of carbonyl (C=O) groups excluding carboxylic acids is 1. The lowest BCUT2D eigenvalue weighted by Gasteiger charge is -2.31. The van der Waals surface area contributed by atoms with E-state index in [9.17, 15) is 4.79 Å². The molecule has 0 atom stereocenters. The maximum Gasteiger partial charge on any atom is 0.253 e. The van der Waals surface area contributed by atoms with Gasteiger partial charge in [0.15, 0.2) is 0 Å². The van der Waals surface area contributed by atoms with Gasteiger partial charge in [-0.2, -0.15) is 0 Å². The molecule has 1 aliphatic rings. The van der Waals surface area contributed by atoms with Crippen LogP contribution >= 0.6 is 11.6 Å². The number of aryl methyl sites for hydroxylation is 1. The Kier molecular flexibility index (Phi) is 4.26. The Morgan fingerprint density at radius 3 is 2.52 bits per heavy atom. The molecule has 0 radical (unpaired) electrons. The van der Waals surface area contributed by atoms with Crippen molar-refractivity contribution >= 4 is 28.4 Å². The zero-order valence-electron chi connectivity index (χ0n) is 14.3. The van der Waals surface area contributed by atoms with Crippen LogP contribution in [0.4, 0.5) is 0 Å². The SMILES string of the molecule is Cc1ccc2[nH]c(C3CCN(C(=O)c4ccc(Cl)cc4)CC3)cc2c1. The Morgan fingerprint density at radius 2 is 1.80 bits per heavy atom. The third-order valence-corrected chi connectivity index (χ3v) is 5.36. The molecule has 1 amide bonds. The van der Waals surface area contributed by atoms with Crippen LogP contribution in [0.25, 0.3) is 10.9 Å². The third-order valence-electron chi connectivity index (χ3n) is 5.11. The smallest absolute Gasteiger partial charge is 0.253 e. The van der Waals surface area contributed by atoms with E-state index in [4.69, 9.17) is 11.6 Å². The largest absolute Gasteiger partial charge is 0.358 e. The fourth-order valence-corrected chi connectivity index (χ4v) is 3.79. The van der Waals surface area contributed by atoms with Gasteiger partial charge in [0.25, 0.3) is 5.91 Å². The summed E-state index contributed by atoms with van der Waals surface area (Å²) in [6.45, 7) is 3.70. The van der Waals surface area contributed by atoms with Gasteiger partial charge in [0.05, 0.1) is 0 Å². The summed E-state index contributed by atoms with van der Waals surface area (Å²) in [6, 6.07) is 15.9. The average Bonchev–Trinajstić information content (AvgIpc) is 3.05. The number of nitrogens with one attached hydrogen (secondary N) is 1. The van der Waals surface area contributed by atoms with E-state index in [0.717, 1.165) is 25.9 Å². The van der Waals surface area contributed by atoms with Crippen LogP contribution in [0, 0.1) is 6.92 Å². The standard InChI is InChI=1S/C21H21ClN2O/c1-14-2-7-19-17(12-14)13-20(23-19)15-8-10-24(11-9-15)21(25)16-3-5-18(22)6-4-16/h2-7,12-13,15,23H,8-11H2,1H3. The van der Waals surface area contributed by atoms with Crippen molar-refractivity contribution in [1.82, 2.24) is 9.88 Å². The number of H-pyrrole nitrogens is 1. The van der Waals surface area contributed by atoms with Gasteiger partial charge in [0, 0.05) is 40.8 Å². The van der Waals surface area contributed by atoms with Crippen LogP contribution in [0.3, 0.4) is 0 Å². The van der Waals surface area contributed by atoms with Crippen LogP contribution in [0.2, 0.25) is 5.02 Å². The van der Waals surface area contributed by atoms with Gasteiger partial charge in [-0.3, -0.25) is 4.79 Å². The van der Waals surface area contributed by atoms with Crippen molar-refractivity contribution in [1.29, 1.82) is 0 Å². The molecule has 1 aliphatic heterocycles. The molecule has 128 valence electrons. The number of carbonyl (C=O) groups is 1. The summed E-state index contributed by atoms with van der Waals surface area (Å²) in [5, 5.41) is 1.93. The van der Waals surface area contributed by atoms with Gasteiger partial charge < -0.3 is 9.88 Å². The minimum Gasteiger partial charge on any atom is -0.358 e. The van der Waals surface area contributed by atoms with Crippen LogP contribution in [0.1, 0.15) is 40.4 Å². The number of fused-ring (bicyclic) bond motifs is 1. The van der Waals surface area contributed by atoms with Crippen LogP contribution in [0.15, 0.2) is 48.5 Å². The predicted molar refractivity (Wildman–Crippen MR) is 102 cm³/mol. The number of hydrogen-bond acceptors (Lipinski definition) is 1. The van der Waals surface area contributed by atoms with Crippen molar-refractivity contribution < 1.29 is 4.79 Å². The number of hydrogen-bond donors (Lipinski definition) is 1. The molecular formula is C21H21ClN2O. The summed E-state index contributed by atoms with van der Waals surface area (Å²) in [5.41, 5.74) is 4.48. The second-order valence-electron chi connectivity index (χ2n) is 6.89. The highest BCUT2D eigenvalue weighted by atomic mass is 35.5. The lowest BCUT2D eigenvalue weighted by atomic mass is 9.93. The van der Waals surface area contributed by atoms with Gasteiger partial charge in [-0.15, -0.1) is 0 Å². The van der Waals surface area contributed by atoms with Crippen molar-refractivity contribution in [3.63, 3.8) is 0 Å². The number of rotatable bonds is 2. The van der Waals surface area contributed by atoms with E-state index in [0.29, 0.717) is 16.5 Å². The molecule has 4 rings (SSSR count). The van der Waals surface area contributed by atoms with Gasteiger partial charge in [-0.05, 0) is 67.6 Å². The van der Waals surface area contributed by atoms with Gasteiger partial charge >= 0.3 is 0 Å². The number of aromatic amines is 1. The highest BCUT2D eigenvalue weighted by Gasteiger charge is 2.25. The van der Waals surface area contributed by atoms with E-state index in [1.807, 2.05) is 4.90 Å². The Labute approximate surface area is 152 Å². The Morgan fingerprint density at radius 1 is 1.08 bits per heavy atom. The first-order valence-corrected chi connectivity index (χ1v) is 9.12. The van der Waals surface area contributed by atoms with E-state index in [1.165, 1.54) is 22.2 Å². The molecule has 0 aliphatic carbocycles. The number of piperidine rings is 1. The average molecular weight is 353 g/mol. The minimum atomic E-state index is 0.0994. The molecule has 0 spiro atoms. The fraction of sp³-hybridized carbons (Fsp3) is 0.286. The molecule has 3 nitrogen and oxygen atoms in total. The molecule has 0 bridgehead atoms. The molecule has 1 N–H and O–H groups in total. The number of amides is 1. The number of likely N-dealkylation sites (tertiary alicyclic amines) is 1. The summed E-state index contributed by atoms with van der Waals surface area (Å²) in [4.78, 5) is 18.1. The molecule has 1 saturated heterocycles.